The molecular formula is C16H16O. The van der Waals surface area contributed by atoms with E-state index in [4.69, 9.17) is 0 Å². The number of ketones is 1. The molecule has 0 saturated carbocycles. The summed E-state index contributed by atoms with van der Waals surface area (Å²) < 4.78 is 0. The van der Waals surface area contributed by atoms with E-state index >= 15 is 0 Å². The molecule has 1 aliphatic carbocycles. The van der Waals surface area contributed by atoms with Crippen molar-refractivity contribution in [1.82, 2.24) is 0 Å². The van der Waals surface area contributed by atoms with E-state index in [1.165, 1.54) is 0 Å². The van der Waals surface area contributed by atoms with Gasteiger partial charge in [0.25, 0.3) is 0 Å². The number of hydrogen-bond acceptors (Lipinski definition) is 1. The van der Waals surface area contributed by atoms with Gasteiger partial charge in [0, 0.05) is 16.6 Å². The maximum Gasteiger partial charge on any atom is 0.193 e. The van der Waals surface area contributed by atoms with Gasteiger partial charge in [-0.05, 0) is 11.1 Å². The topological polar surface area (TPSA) is 17.1 Å². The maximum atomic E-state index is 12.3. The number of Topliss-reactive ketones (excluding diaryl/α,β-unsaturated/α-hetero) is 1. The molecule has 0 aromatic heterocycles. The molecule has 0 spiro atoms. The average Bonchev–Trinajstić information content (AvgIpc) is 2.33. The molecular weight excluding hydrogens is 208 g/mol. The first-order valence-electron chi connectivity index (χ1n) is 5.68. The number of allylic oxidation sites excluding steroid dienone is 4. The third-order valence-corrected chi connectivity index (χ3v) is 3.46. The van der Waals surface area contributed by atoms with Gasteiger partial charge in [0.2, 0.25) is 0 Å². The normalized spacial score (nSPS) is 17.6. The summed E-state index contributed by atoms with van der Waals surface area (Å²) in [4.78, 5) is 12.3. The molecule has 86 valence electrons. The van der Waals surface area contributed by atoms with Crippen LogP contribution in [0, 0.1) is 0 Å². The standard InChI is InChI=1S/C16H16O/c1-5-11-13(6-2)16(3,4)14-10-8-7-9-12(14)15(11)17/h5-10H,1-2H2,3-4H3. The van der Waals surface area contributed by atoms with Crippen LogP contribution in [0.25, 0.3) is 0 Å². The highest BCUT2D eigenvalue weighted by molar-refractivity contribution is 6.14. The molecule has 0 atom stereocenters. The van der Waals surface area contributed by atoms with E-state index in [1.807, 2.05) is 24.3 Å². The molecule has 17 heavy (non-hydrogen) atoms. The van der Waals surface area contributed by atoms with Gasteiger partial charge in [0.1, 0.15) is 0 Å². The number of fused-ring (bicyclic) bond motifs is 1. The highest BCUT2D eigenvalue weighted by atomic mass is 16.1. The minimum atomic E-state index is -0.199. The van der Waals surface area contributed by atoms with Crippen LogP contribution in [0.2, 0.25) is 0 Å². The zero-order chi connectivity index (χ0) is 12.6. The molecule has 0 saturated heterocycles. The second kappa shape index (κ2) is 3.85. The van der Waals surface area contributed by atoms with Crippen LogP contribution in [-0.4, -0.2) is 5.78 Å². The van der Waals surface area contributed by atoms with Crippen LogP contribution >= 0.6 is 0 Å². The Hall–Kier alpha value is -1.89. The number of rotatable bonds is 2. The number of carbonyl (C=O) groups is 1. The van der Waals surface area contributed by atoms with Gasteiger partial charge in [-0.1, -0.05) is 63.4 Å². The van der Waals surface area contributed by atoms with Crippen LogP contribution in [0.15, 0.2) is 60.7 Å². The summed E-state index contributed by atoms with van der Waals surface area (Å²) >= 11 is 0. The molecule has 1 aromatic carbocycles. The Morgan fingerprint density at radius 2 is 1.76 bits per heavy atom. The summed E-state index contributed by atoms with van der Waals surface area (Å²) in [6.07, 6.45) is 3.40. The van der Waals surface area contributed by atoms with Crippen molar-refractivity contribution in [2.75, 3.05) is 0 Å². The minimum absolute atomic E-state index is 0.0461. The number of hydrogen-bond donors (Lipinski definition) is 0. The molecule has 0 fully saturated rings. The van der Waals surface area contributed by atoms with Crippen molar-refractivity contribution in [3.63, 3.8) is 0 Å². The van der Waals surface area contributed by atoms with Gasteiger partial charge >= 0.3 is 0 Å². The Labute approximate surface area is 102 Å². The van der Waals surface area contributed by atoms with Crippen LogP contribution in [-0.2, 0) is 5.41 Å². The van der Waals surface area contributed by atoms with Crippen LogP contribution < -0.4 is 0 Å². The molecule has 0 aliphatic heterocycles. The minimum Gasteiger partial charge on any atom is -0.289 e. The second-order valence-corrected chi connectivity index (χ2v) is 4.74. The Balaban J connectivity index is 2.82. The fourth-order valence-corrected chi connectivity index (χ4v) is 2.54. The molecule has 2 rings (SSSR count). The summed E-state index contributed by atoms with van der Waals surface area (Å²) in [5, 5.41) is 0. The fourth-order valence-electron chi connectivity index (χ4n) is 2.54. The first kappa shape index (κ1) is 11.6. The van der Waals surface area contributed by atoms with Gasteiger partial charge in [-0.15, -0.1) is 0 Å². The van der Waals surface area contributed by atoms with Crippen molar-refractivity contribution in [3.05, 3.63) is 71.8 Å². The zero-order valence-corrected chi connectivity index (χ0v) is 10.3. The van der Waals surface area contributed by atoms with Crippen molar-refractivity contribution in [3.8, 4) is 0 Å². The Morgan fingerprint density at radius 3 is 2.35 bits per heavy atom. The lowest BCUT2D eigenvalue weighted by Gasteiger charge is -2.34. The molecule has 1 aliphatic rings. The van der Waals surface area contributed by atoms with E-state index in [2.05, 4.69) is 27.0 Å². The summed E-state index contributed by atoms with van der Waals surface area (Å²) in [6.45, 7) is 11.8. The van der Waals surface area contributed by atoms with Gasteiger partial charge in [-0.3, -0.25) is 4.79 Å². The molecule has 0 heterocycles. The summed E-state index contributed by atoms with van der Waals surface area (Å²) in [6, 6.07) is 7.75. The summed E-state index contributed by atoms with van der Waals surface area (Å²) in [5.74, 6) is 0.0461. The maximum absolute atomic E-state index is 12.3. The van der Waals surface area contributed by atoms with Crippen molar-refractivity contribution in [2.45, 2.75) is 19.3 Å². The predicted octanol–water partition coefficient (Wildman–Crippen LogP) is 3.83. The number of benzene rings is 1. The van der Waals surface area contributed by atoms with Crippen molar-refractivity contribution in [2.24, 2.45) is 0 Å². The molecule has 0 bridgehead atoms. The highest BCUT2D eigenvalue weighted by Gasteiger charge is 2.35. The SMILES string of the molecule is C=CC1=C(C=C)C(C)(C)c2ccccc2C1=O. The molecule has 0 amide bonds. The zero-order valence-electron chi connectivity index (χ0n) is 10.3. The van der Waals surface area contributed by atoms with Crippen molar-refractivity contribution < 1.29 is 4.79 Å². The van der Waals surface area contributed by atoms with Crippen LogP contribution in [0.4, 0.5) is 0 Å². The lowest BCUT2D eigenvalue weighted by atomic mass is 9.68. The molecule has 0 N–H and O–H groups in total. The second-order valence-electron chi connectivity index (χ2n) is 4.74. The van der Waals surface area contributed by atoms with E-state index in [0.29, 0.717) is 5.57 Å². The largest absolute Gasteiger partial charge is 0.289 e. The average molecular weight is 224 g/mol. The van der Waals surface area contributed by atoms with E-state index in [-0.39, 0.29) is 11.2 Å². The van der Waals surface area contributed by atoms with E-state index in [9.17, 15) is 4.79 Å². The Bertz CT molecular complexity index is 544. The van der Waals surface area contributed by atoms with E-state index < -0.39 is 0 Å². The summed E-state index contributed by atoms with van der Waals surface area (Å²) in [7, 11) is 0. The predicted molar refractivity (Wildman–Crippen MR) is 71.2 cm³/mol. The van der Waals surface area contributed by atoms with Crippen LogP contribution in [0.5, 0.6) is 0 Å². The van der Waals surface area contributed by atoms with Gasteiger partial charge < -0.3 is 0 Å². The van der Waals surface area contributed by atoms with E-state index in [1.54, 1.807) is 12.2 Å². The van der Waals surface area contributed by atoms with Crippen molar-refractivity contribution in [1.29, 1.82) is 0 Å². The third-order valence-electron chi connectivity index (χ3n) is 3.46. The lowest BCUT2D eigenvalue weighted by Crippen LogP contribution is -2.30. The van der Waals surface area contributed by atoms with Gasteiger partial charge in [-0.25, -0.2) is 0 Å². The first-order chi connectivity index (χ1) is 8.04. The number of carbonyl (C=O) groups excluding carboxylic acids is 1. The molecule has 1 aromatic rings. The first-order valence-corrected chi connectivity index (χ1v) is 5.68. The quantitative estimate of drug-likeness (QED) is 0.746. The van der Waals surface area contributed by atoms with Gasteiger partial charge in [-0.2, -0.15) is 0 Å². The molecule has 0 radical (unpaired) electrons. The smallest absolute Gasteiger partial charge is 0.193 e. The highest BCUT2D eigenvalue weighted by Crippen LogP contribution is 2.41. The molecule has 0 unspecified atom stereocenters. The Morgan fingerprint density at radius 1 is 1.12 bits per heavy atom. The third kappa shape index (κ3) is 1.50. The molecule has 1 heteroatoms. The lowest BCUT2D eigenvalue weighted by molar-refractivity contribution is 0.103. The van der Waals surface area contributed by atoms with Crippen molar-refractivity contribution >= 4 is 5.78 Å². The van der Waals surface area contributed by atoms with Gasteiger partial charge in [0.15, 0.2) is 5.78 Å². The summed E-state index contributed by atoms with van der Waals surface area (Å²) in [5.41, 5.74) is 3.26. The van der Waals surface area contributed by atoms with Gasteiger partial charge in [0.05, 0.1) is 0 Å². The fraction of sp³-hybridized carbons (Fsp3) is 0.188. The van der Waals surface area contributed by atoms with Crippen LogP contribution in [0.1, 0.15) is 29.8 Å². The van der Waals surface area contributed by atoms with E-state index in [0.717, 1.165) is 16.7 Å². The molecule has 1 nitrogen and oxygen atoms in total. The Kier molecular flexibility index (Phi) is 2.62. The van der Waals surface area contributed by atoms with Crippen LogP contribution in [0.3, 0.4) is 0 Å². The monoisotopic (exact) mass is 224 g/mol.